The molecule has 0 saturated carbocycles. The Kier molecular flexibility index (Phi) is 5.29. The molecule has 0 aromatic heterocycles. The predicted molar refractivity (Wildman–Crippen MR) is 92.6 cm³/mol. The van der Waals surface area contributed by atoms with Gasteiger partial charge in [-0.3, -0.25) is 4.79 Å². The van der Waals surface area contributed by atoms with Crippen LogP contribution in [0.25, 0.3) is 0 Å². The van der Waals surface area contributed by atoms with Crippen LogP contribution in [0.2, 0.25) is 0 Å². The van der Waals surface area contributed by atoms with Gasteiger partial charge >= 0.3 is 0 Å². The van der Waals surface area contributed by atoms with E-state index in [4.69, 9.17) is 0 Å². The lowest BCUT2D eigenvalue weighted by Gasteiger charge is -2.45. The van der Waals surface area contributed by atoms with Gasteiger partial charge in [0.15, 0.2) is 0 Å². The molecule has 0 aromatic carbocycles. The summed E-state index contributed by atoms with van der Waals surface area (Å²) in [6, 6.07) is 0. The second-order valence-electron chi connectivity index (χ2n) is 7.09. The maximum Gasteiger partial charge on any atom is 0.282 e. The van der Waals surface area contributed by atoms with Crippen LogP contribution in [0.15, 0.2) is 12.7 Å². The van der Waals surface area contributed by atoms with Gasteiger partial charge in [0.05, 0.1) is 0 Å². The van der Waals surface area contributed by atoms with E-state index in [1.165, 1.54) is 10.4 Å². The number of piperazine rings is 1. The molecule has 0 bridgehead atoms. The molecule has 0 aromatic rings. The monoisotopic (exact) mass is 356 g/mol. The van der Waals surface area contributed by atoms with Gasteiger partial charge in [-0.05, 0) is 50.3 Å². The van der Waals surface area contributed by atoms with E-state index < -0.39 is 10.2 Å². The summed E-state index contributed by atoms with van der Waals surface area (Å²) < 4.78 is 28.9. The summed E-state index contributed by atoms with van der Waals surface area (Å²) in [5, 5.41) is 3.39. The molecule has 0 unspecified atom stereocenters. The number of hydrogen-bond donors (Lipinski definition) is 1. The summed E-state index contributed by atoms with van der Waals surface area (Å²) >= 11 is 0. The van der Waals surface area contributed by atoms with Crippen LogP contribution in [0, 0.1) is 5.41 Å². The Balaban J connectivity index is 1.57. The van der Waals surface area contributed by atoms with Crippen molar-refractivity contribution < 1.29 is 13.2 Å². The highest BCUT2D eigenvalue weighted by molar-refractivity contribution is 7.86. The fourth-order valence-electron chi connectivity index (χ4n) is 4.08. The van der Waals surface area contributed by atoms with E-state index >= 15 is 0 Å². The molecule has 3 rings (SSSR count). The third-order valence-corrected chi connectivity index (χ3v) is 7.86. The number of amides is 1. The Morgan fingerprint density at radius 2 is 1.46 bits per heavy atom. The van der Waals surface area contributed by atoms with Crippen molar-refractivity contribution in [2.45, 2.75) is 25.7 Å². The average molecular weight is 356 g/mol. The molecule has 0 aliphatic carbocycles. The third kappa shape index (κ3) is 3.51. The van der Waals surface area contributed by atoms with Gasteiger partial charge < -0.3 is 10.2 Å². The number of carbonyl (C=O) groups excluding carboxylic acids is 1. The van der Waals surface area contributed by atoms with Crippen molar-refractivity contribution in [3.05, 3.63) is 12.7 Å². The molecule has 3 saturated heterocycles. The lowest BCUT2D eigenvalue weighted by molar-refractivity contribution is -0.127. The molecule has 8 heteroatoms. The Hall–Kier alpha value is -0.960. The fraction of sp³-hybridized carbons (Fsp3) is 0.812. The topological polar surface area (TPSA) is 73.0 Å². The first-order chi connectivity index (χ1) is 11.5. The molecule has 3 aliphatic rings. The summed E-state index contributed by atoms with van der Waals surface area (Å²) in [5.74, 6) is -0.127. The van der Waals surface area contributed by atoms with Crippen LogP contribution in [-0.4, -0.2) is 80.2 Å². The summed E-state index contributed by atoms with van der Waals surface area (Å²) in [7, 11) is -3.41. The van der Waals surface area contributed by atoms with Crippen molar-refractivity contribution in [2.24, 2.45) is 5.41 Å². The standard InChI is InChI=1S/C16H28N4O3S/c1-2-15(21)18-11-13-20(14-12-18)24(22,23)19-9-5-16(6-10-19)3-7-17-8-4-16/h2,17H,1,3-14H2. The van der Waals surface area contributed by atoms with E-state index in [1.807, 2.05) is 0 Å². The predicted octanol–water partition coefficient (Wildman–Crippen LogP) is 0.0270. The fourth-order valence-corrected chi connectivity index (χ4v) is 5.68. The van der Waals surface area contributed by atoms with Crippen LogP contribution in [0.5, 0.6) is 0 Å². The van der Waals surface area contributed by atoms with Crippen LogP contribution < -0.4 is 5.32 Å². The Labute approximate surface area is 144 Å². The van der Waals surface area contributed by atoms with E-state index in [1.54, 1.807) is 9.21 Å². The normalized spacial score (nSPS) is 26.4. The number of hydrogen-bond acceptors (Lipinski definition) is 4. The van der Waals surface area contributed by atoms with Gasteiger partial charge in [-0.25, -0.2) is 0 Å². The molecule has 136 valence electrons. The zero-order valence-corrected chi connectivity index (χ0v) is 15.1. The second-order valence-corrected chi connectivity index (χ2v) is 9.01. The SMILES string of the molecule is C=CC(=O)N1CCN(S(=O)(=O)N2CCC3(CCNCC3)CC2)CC1. The molecular weight excluding hydrogens is 328 g/mol. The Bertz CT molecular complexity index is 568. The molecule has 0 atom stereocenters. The van der Waals surface area contributed by atoms with Crippen molar-refractivity contribution in [2.75, 3.05) is 52.4 Å². The molecule has 3 aliphatic heterocycles. The zero-order valence-electron chi connectivity index (χ0n) is 14.2. The minimum Gasteiger partial charge on any atom is -0.337 e. The highest BCUT2D eigenvalue weighted by Gasteiger charge is 2.41. The molecular formula is C16H28N4O3S. The maximum absolute atomic E-state index is 12.9. The number of piperidine rings is 2. The minimum absolute atomic E-state index is 0.127. The lowest BCUT2D eigenvalue weighted by atomic mass is 9.72. The highest BCUT2D eigenvalue weighted by atomic mass is 32.2. The molecule has 1 spiro atoms. The largest absolute Gasteiger partial charge is 0.337 e. The van der Waals surface area contributed by atoms with Crippen molar-refractivity contribution in [1.29, 1.82) is 0 Å². The highest BCUT2D eigenvalue weighted by Crippen LogP contribution is 2.40. The van der Waals surface area contributed by atoms with Crippen molar-refractivity contribution in [3.8, 4) is 0 Å². The van der Waals surface area contributed by atoms with Gasteiger partial charge in [0.1, 0.15) is 0 Å². The number of rotatable bonds is 3. The van der Waals surface area contributed by atoms with Crippen molar-refractivity contribution in [1.82, 2.24) is 18.8 Å². The van der Waals surface area contributed by atoms with Crippen LogP contribution in [0.4, 0.5) is 0 Å². The third-order valence-electron chi connectivity index (χ3n) is 5.82. The first-order valence-corrected chi connectivity index (χ1v) is 10.2. The summed E-state index contributed by atoms with van der Waals surface area (Å²) in [6.07, 6.45) is 5.52. The van der Waals surface area contributed by atoms with Gasteiger partial charge in [0.25, 0.3) is 10.2 Å². The van der Waals surface area contributed by atoms with Gasteiger partial charge in [-0.15, -0.1) is 0 Å². The maximum atomic E-state index is 12.9. The van der Waals surface area contributed by atoms with Crippen LogP contribution in [0.3, 0.4) is 0 Å². The van der Waals surface area contributed by atoms with Gasteiger partial charge in [-0.1, -0.05) is 6.58 Å². The van der Waals surface area contributed by atoms with Crippen LogP contribution in [0.1, 0.15) is 25.7 Å². The van der Waals surface area contributed by atoms with E-state index in [0.29, 0.717) is 44.7 Å². The second kappa shape index (κ2) is 7.11. The molecule has 24 heavy (non-hydrogen) atoms. The van der Waals surface area contributed by atoms with Crippen molar-refractivity contribution in [3.63, 3.8) is 0 Å². The zero-order chi connectivity index (χ0) is 17.2. The molecule has 1 N–H and O–H groups in total. The van der Waals surface area contributed by atoms with E-state index in [-0.39, 0.29) is 5.91 Å². The molecule has 1 amide bonds. The summed E-state index contributed by atoms with van der Waals surface area (Å²) in [6.45, 7) is 8.43. The van der Waals surface area contributed by atoms with Gasteiger partial charge in [0.2, 0.25) is 5.91 Å². The molecule has 0 radical (unpaired) electrons. The molecule has 3 heterocycles. The quantitative estimate of drug-likeness (QED) is 0.724. The first-order valence-electron chi connectivity index (χ1n) is 8.84. The number of nitrogens with zero attached hydrogens (tertiary/aromatic N) is 3. The average Bonchev–Trinajstić information content (AvgIpc) is 2.62. The Morgan fingerprint density at radius 1 is 0.917 bits per heavy atom. The number of carbonyl (C=O) groups is 1. The molecule has 7 nitrogen and oxygen atoms in total. The van der Waals surface area contributed by atoms with E-state index in [0.717, 1.165) is 38.8 Å². The van der Waals surface area contributed by atoms with Crippen LogP contribution >= 0.6 is 0 Å². The number of nitrogens with one attached hydrogen (secondary N) is 1. The lowest BCUT2D eigenvalue weighted by Crippen LogP contribution is -2.56. The van der Waals surface area contributed by atoms with Gasteiger partial charge in [-0.2, -0.15) is 17.0 Å². The minimum atomic E-state index is -3.41. The van der Waals surface area contributed by atoms with Crippen molar-refractivity contribution >= 4 is 16.1 Å². The first kappa shape index (κ1) is 17.8. The van der Waals surface area contributed by atoms with E-state index in [2.05, 4.69) is 11.9 Å². The summed E-state index contributed by atoms with van der Waals surface area (Å²) in [4.78, 5) is 13.3. The molecule has 3 fully saturated rings. The smallest absolute Gasteiger partial charge is 0.282 e. The Morgan fingerprint density at radius 3 is 2.00 bits per heavy atom. The van der Waals surface area contributed by atoms with E-state index in [9.17, 15) is 13.2 Å². The van der Waals surface area contributed by atoms with Gasteiger partial charge in [0, 0.05) is 39.3 Å². The summed E-state index contributed by atoms with van der Waals surface area (Å²) in [5.41, 5.74) is 0.340. The van der Waals surface area contributed by atoms with Crippen LogP contribution in [-0.2, 0) is 15.0 Å².